The topological polar surface area (TPSA) is 46.1 Å². The Hall–Kier alpha value is -0.880. The number of hydrogen-bond acceptors (Lipinski definition) is 4. The molecule has 0 spiro atoms. The van der Waals surface area contributed by atoms with Crippen LogP contribution in [0.15, 0.2) is 0 Å². The fraction of sp³-hybridized carbons (Fsp3) is 0.833. The summed E-state index contributed by atoms with van der Waals surface area (Å²) in [6, 6.07) is 0. The van der Waals surface area contributed by atoms with Crippen LogP contribution in [0.2, 0.25) is 0 Å². The van der Waals surface area contributed by atoms with Crippen molar-refractivity contribution >= 4 is 18.2 Å². The van der Waals surface area contributed by atoms with Gasteiger partial charge in [-0.15, -0.1) is 5.10 Å². The number of nitrogens with zero attached hydrogens (tertiary/aromatic N) is 3. The molecule has 1 saturated heterocycles. The Kier molecular flexibility index (Phi) is 3.77. The van der Waals surface area contributed by atoms with Crippen molar-refractivity contribution in [2.24, 2.45) is 0 Å². The van der Waals surface area contributed by atoms with Crippen LogP contribution in [0.3, 0.4) is 0 Å². The third-order valence-corrected chi connectivity index (χ3v) is 3.35. The smallest absolute Gasteiger partial charge is 0.225 e. The molecule has 1 atom stereocenters. The van der Waals surface area contributed by atoms with E-state index in [4.69, 9.17) is 17.0 Å². The third-order valence-electron chi connectivity index (χ3n) is 3.04. The van der Waals surface area contributed by atoms with Crippen LogP contribution in [0.4, 0.5) is 5.95 Å². The van der Waals surface area contributed by atoms with Crippen molar-refractivity contribution in [2.75, 3.05) is 18.0 Å². The normalized spacial score (nSPS) is 23.3. The van der Waals surface area contributed by atoms with Gasteiger partial charge in [0.15, 0.2) is 4.77 Å². The van der Waals surface area contributed by atoms with E-state index in [9.17, 15) is 0 Å². The summed E-state index contributed by atoms with van der Waals surface area (Å²) in [5.74, 6) is 0.935. The van der Waals surface area contributed by atoms with Crippen LogP contribution >= 0.6 is 12.2 Å². The van der Waals surface area contributed by atoms with Crippen LogP contribution in [0.1, 0.15) is 34.1 Å². The number of anilines is 1. The Morgan fingerprint density at radius 1 is 1.56 bits per heavy atom. The van der Waals surface area contributed by atoms with Crippen LogP contribution in [-0.2, 0) is 11.3 Å². The van der Waals surface area contributed by atoms with E-state index in [1.807, 2.05) is 0 Å². The highest BCUT2D eigenvalue weighted by Crippen LogP contribution is 2.24. The number of hydrogen-bond donors (Lipinski definition) is 1. The predicted octanol–water partition coefficient (Wildman–Crippen LogP) is 2.35. The van der Waals surface area contributed by atoms with Crippen LogP contribution in [0, 0.1) is 4.77 Å². The highest BCUT2D eigenvalue weighted by Gasteiger charge is 2.33. The van der Waals surface area contributed by atoms with Gasteiger partial charge in [-0.2, -0.15) is 0 Å². The maximum absolute atomic E-state index is 5.92. The number of ether oxygens (including phenoxy) is 1. The van der Waals surface area contributed by atoms with Gasteiger partial charge in [-0.05, 0) is 39.4 Å². The second-order valence-corrected chi connectivity index (χ2v) is 5.94. The van der Waals surface area contributed by atoms with Crippen molar-refractivity contribution in [3.05, 3.63) is 4.77 Å². The lowest BCUT2D eigenvalue weighted by atomic mass is 10.1. The number of nitrogens with one attached hydrogen (secondary N) is 1. The van der Waals surface area contributed by atoms with Crippen molar-refractivity contribution in [3.8, 4) is 0 Å². The second-order valence-electron chi connectivity index (χ2n) is 5.55. The Labute approximate surface area is 113 Å². The fourth-order valence-electron chi connectivity index (χ4n) is 2.58. The number of morpholine rings is 1. The van der Waals surface area contributed by atoms with Crippen LogP contribution < -0.4 is 4.90 Å². The zero-order valence-electron chi connectivity index (χ0n) is 11.6. The molecule has 6 heteroatoms. The molecule has 1 aromatic heterocycles. The number of H-pyrrole nitrogens is 1. The molecule has 2 heterocycles. The minimum Gasteiger partial charge on any atom is -0.369 e. The van der Waals surface area contributed by atoms with Gasteiger partial charge in [-0.25, -0.2) is 5.10 Å². The van der Waals surface area contributed by atoms with Gasteiger partial charge in [0.05, 0.1) is 11.7 Å². The molecule has 1 aliphatic rings. The van der Waals surface area contributed by atoms with Crippen LogP contribution in [-0.4, -0.2) is 39.6 Å². The van der Waals surface area contributed by atoms with Gasteiger partial charge in [0, 0.05) is 19.6 Å². The van der Waals surface area contributed by atoms with Crippen molar-refractivity contribution in [1.82, 2.24) is 14.8 Å². The summed E-state index contributed by atoms with van der Waals surface area (Å²) in [6.07, 6.45) is 1.25. The Morgan fingerprint density at radius 3 is 2.89 bits per heavy atom. The summed E-state index contributed by atoms with van der Waals surface area (Å²) in [5.41, 5.74) is -0.151. The SMILES string of the molecule is CCCn1c(N2CC(C)OC(C)(C)C2)n[nH]c1=S. The molecule has 5 nitrogen and oxygen atoms in total. The first-order chi connectivity index (χ1) is 8.43. The molecule has 1 aliphatic heterocycles. The van der Waals surface area contributed by atoms with E-state index in [0.717, 1.165) is 32.0 Å². The average Bonchev–Trinajstić information content (AvgIpc) is 2.58. The highest BCUT2D eigenvalue weighted by molar-refractivity contribution is 7.71. The molecule has 1 fully saturated rings. The summed E-state index contributed by atoms with van der Waals surface area (Å²) in [7, 11) is 0. The Balaban J connectivity index is 2.28. The largest absolute Gasteiger partial charge is 0.369 e. The van der Waals surface area contributed by atoms with Crippen molar-refractivity contribution in [2.45, 2.75) is 52.4 Å². The van der Waals surface area contributed by atoms with Gasteiger partial charge in [0.1, 0.15) is 0 Å². The van der Waals surface area contributed by atoms with E-state index in [2.05, 4.69) is 47.4 Å². The quantitative estimate of drug-likeness (QED) is 0.857. The first kappa shape index (κ1) is 13.5. The zero-order valence-corrected chi connectivity index (χ0v) is 12.4. The minimum atomic E-state index is -0.151. The Bertz CT molecular complexity index is 465. The van der Waals surface area contributed by atoms with E-state index in [0.29, 0.717) is 4.77 Å². The molecule has 1 unspecified atom stereocenters. The number of aromatic amines is 1. The molecule has 1 aromatic rings. The summed E-state index contributed by atoms with van der Waals surface area (Å²) < 4.78 is 8.69. The lowest BCUT2D eigenvalue weighted by Gasteiger charge is -2.42. The first-order valence-corrected chi connectivity index (χ1v) is 6.92. The molecule has 0 aliphatic carbocycles. The molecule has 18 heavy (non-hydrogen) atoms. The van der Waals surface area contributed by atoms with E-state index in [-0.39, 0.29) is 11.7 Å². The molecular weight excluding hydrogens is 248 g/mol. The fourth-order valence-corrected chi connectivity index (χ4v) is 2.80. The van der Waals surface area contributed by atoms with Gasteiger partial charge in [-0.1, -0.05) is 6.92 Å². The molecule has 0 radical (unpaired) electrons. The standard InChI is InChI=1S/C12H22N4OS/c1-5-6-16-10(13-14-11(16)18)15-7-9(2)17-12(3,4)8-15/h9H,5-8H2,1-4H3,(H,14,18). The molecule has 0 aromatic carbocycles. The number of aromatic nitrogens is 3. The van der Waals surface area contributed by atoms with Crippen LogP contribution in [0.25, 0.3) is 0 Å². The third kappa shape index (κ3) is 2.75. The van der Waals surface area contributed by atoms with Crippen molar-refractivity contribution in [1.29, 1.82) is 0 Å². The van der Waals surface area contributed by atoms with Gasteiger partial charge in [0.25, 0.3) is 0 Å². The summed E-state index contributed by atoms with van der Waals surface area (Å²) >= 11 is 5.28. The maximum Gasteiger partial charge on any atom is 0.225 e. The molecule has 102 valence electrons. The van der Waals surface area contributed by atoms with Gasteiger partial charge in [-0.3, -0.25) is 4.57 Å². The van der Waals surface area contributed by atoms with Crippen molar-refractivity contribution < 1.29 is 4.74 Å². The summed E-state index contributed by atoms with van der Waals surface area (Å²) in [4.78, 5) is 2.26. The lowest BCUT2D eigenvalue weighted by molar-refractivity contribution is -0.0755. The second kappa shape index (κ2) is 5.01. The van der Waals surface area contributed by atoms with Crippen LogP contribution in [0.5, 0.6) is 0 Å². The molecule has 0 saturated carbocycles. The van der Waals surface area contributed by atoms with Gasteiger partial charge in [0.2, 0.25) is 5.95 Å². The molecule has 1 N–H and O–H groups in total. The van der Waals surface area contributed by atoms with E-state index in [1.54, 1.807) is 0 Å². The molecular formula is C12H22N4OS. The predicted molar refractivity (Wildman–Crippen MR) is 74.5 cm³/mol. The average molecular weight is 270 g/mol. The minimum absolute atomic E-state index is 0.151. The van der Waals surface area contributed by atoms with Gasteiger partial charge < -0.3 is 9.64 Å². The zero-order chi connectivity index (χ0) is 13.3. The first-order valence-electron chi connectivity index (χ1n) is 6.51. The van der Waals surface area contributed by atoms with E-state index in [1.165, 1.54) is 0 Å². The molecule has 2 rings (SSSR count). The summed E-state index contributed by atoms with van der Waals surface area (Å²) in [6.45, 7) is 11.1. The number of rotatable bonds is 3. The van der Waals surface area contributed by atoms with E-state index < -0.39 is 0 Å². The van der Waals surface area contributed by atoms with Gasteiger partial charge >= 0.3 is 0 Å². The lowest BCUT2D eigenvalue weighted by Crippen LogP contribution is -2.52. The highest BCUT2D eigenvalue weighted by atomic mass is 32.1. The Morgan fingerprint density at radius 2 is 2.28 bits per heavy atom. The monoisotopic (exact) mass is 270 g/mol. The molecule has 0 amide bonds. The van der Waals surface area contributed by atoms with Crippen molar-refractivity contribution in [3.63, 3.8) is 0 Å². The maximum atomic E-state index is 5.92. The van der Waals surface area contributed by atoms with E-state index >= 15 is 0 Å². The molecule has 0 bridgehead atoms. The summed E-state index contributed by atoms with van der Waals surface area (Å²) in [5, 5.41) is 7.27.